The van der Waals surface area contributed by atoms with Crippen molar-refractivity contribution in [3.63, 3.8) is 0 Å². The quantitative estimate of drug-likeness (QED) is 0.614. The van der Waals surface area contributed by atoms with Crippen LogP contribution < -0.4 is 5.73 Å². The predicted molar refractivity (Wildman–Crippen MR) is 137 cm³/mol. The first-order chi connectivity index (χ1) is 17.7. The van der Waals surface area contributed by atoms with E-state index in [9.17, 15) is 9.50 Å². The maximum absolute atomic E-state index is 15.3. The summed E-state index contributed by atoms with van der Waals surface area (Å²) in [6.45, 7) is 3.72. The summed E-state index contributed by atoms with van der Waals surface area (Å²) in [6, 6.07) is 9.26. The van der Waals surface area contributed by atoms with Crippen molar-refractivity contribution in [3.8, 4) is 6.07 Å². The van der Waals surface area contributed by atoms with Crippen molar-refractivity contribution in [1.82, 2.24) is 9.88 Å². The van der Waals surface area contributed by atoms with Gasteiger partial charge in [0, 0.05) is 30.8 Å². The van der Waals surface area contributed by atoms with Crippen LogP contribution >= 0.6 is 11.8 Å². The number of aliphatic hydroxyl groups is 1. The van der Waals surface area contributed by atoms with Gasteiger partial charge in [-0.25, -0.2) is 8.78 Å². The van der Waals surface area contributed by atoms with E-state index in [1.54, 1.807) is 6.07 Å². The van der Waals surface area contributed by atoms with Crippen LogP contribution in [0.4, 0.5) is 8.78 Å². The summed E-state index contributed by atoms with van der Waals surface area (Å²) < 4.78 is 35.5. The van der Waals surface area contributed by atoms with Gasteiger partial charge in [-0.15, -0.1) is 0 Å². The number of fused-ring (bicyclic) bond motifs is 1. The second-order valence-corrected chi connectivity index (χ2v) is 11.9. The smallest absolute Gasteiger partial charge is 0.155 e. The molecule has 0 amide bonds. The maximum Gasteiger partial charge on any atom is 0.155 e. The van der Waals surface area contributed by atoms with E-state index in [4.69, 9.17) is 15.7 Å². The largest absolute Gasteiger partial charge is 0.378 e. The van der Waals surface area contributed by atoms with Gasteiger partial charge in [0.2, 0.25) is 0 Å². The first-order valence-corrected chi connectivity index (χ1v) is 13.1. The maximum atomic E-state index is 15.3. The number of hydrogen-bond donors (Lipinski definition) is 2. The summed E-state index contributed by atoms with van der Waals surface area (Å²) in [5.74, 6) is -1.21. The van der Waals surface area contributed by atoms with Crippen LogP contribution in [0.5, 0.6) is 0 Å². The van der Waals surface area contributed by atoms with Crippen LogP contribution in [0.2, 0.25) is 0 Å². The summed E-state index contributed by atoms with van der Waals surface area (Å²) in [7, 11) is 0. The van der Waals surface area contributed by atoms with E-state index in [-0.39, 0.29) is 17.2 Å². The summed E-state index contributed by atoms with van der Waals surface area (Å²) >= 11 is 1.37. The molecule has 0 bridgehead atoms. The summed E-state index contributed by atoms with van der Waals surface area (Å²) in [4.78, 5) is 10.7. The number of ether oxygens (including phenoxy) is 1. The molecule has 2 aliphatic carbocycles. The summed E-state index contributed by atoms with van der Waals surface area (Å²) in [5.41, 5.74) is 6.30. The number of hydrogen-bond acceptors (Lipinski definition) is 8. The lowest BCUT2D eigenvalue weighted by molar-refractivity contribution is -0.109. The minimum atomic E-state index is -1.02. The Morgan fingerprint density at radius 2 is 2.19 bits per heavy atom. The van der Waals surface area contributed by atoms with Gasteiger partial charge in [-0.3, -0.25) is 14.9 Å². The monoisotopic (exact) mass is 523 g/mol. The molecule has 1 saturated heterocycles. The fraction of sp³-hybridized carbons (Fsp3) is 0.444. The van der Waals surface area contributed by atoms with E-state index in [0.717, 1.165) is 12.8 Å². The van der Waals surface area contributed by atoms with Crippen molar-refractivity contribution in [2.24, 2.45) is 16.6 Å². The number of thioether (sulfide) groups is 1. The van der Waals surface area contributed by atoms with E-state index in [2.05, 4.69) is 14.9 Å². The molecule has 3 fully saturated rings. The normalized spacial score (nSPS) is 31.3. The van der Waals surface area contributed by atoms with Crippen LogP contribution in [-0.4, -0.2) is 56.4 Å². The number of rotatable bonds is 5. The van der Waals surface area contributed by atoms with E-state index in [0.29, 0.717) is 48.0 Å². The highest BCUT2D eigenvalue weighted by atomic mass is 32.2. The fourth-order valence-corrected chi connectivity index (χ4v) is 7.33. The molecular weight excluding hydrogens is 496 g/mol. The number of aromatic nitrogens is 1. The number of nitrogens with two attached hydrogens (primary N) is 1. The number of nitriles is 1. The van der Waals surface area contributed by atoms with Crippen LogP contribution in [0, 0.1) is 23.1 Å². The fourth-order valence-electron chi connectivity index (χ4n) is 5.83. The zero-order valence-electron chi connectivity index (χ0n) is 20.3. The van der Waals surface area contributed by atoms with Crippen molar-refractivity contribution in [2.45, 2.75) is 48.3 Å². The van der Waals surface area contributed by atoms with Crippen molar-refractivity contribution in [2.75, 3.05) is 19.7 Å². The SMILES string of the molecule is C[C@]1(c2cc(/C=C(\F)c3ccc(C#N)cn3)ccc2F)N=C(N)S[C@@]2(C(O)N3CCOC4(CC4)C3)C[C@@H]12. The number of halogens is 2. The van der Waals surface area contributed by atoms with Gasteiger partial charge in [-0.1, -0.05) is 17.8 Å². The first-order valence-electron chi connectivity index (χ1n) is 12.3. The van der Waals surface area contributed by atoms with Crippen LogP contribution in [0.15, 0.2) is 41.5 Å². The number of aliphatic hydroxyl groups excluding tert-OH is 1. The third kappa shape index (κ3) is 4.14. The van der Waals surface area contributed by atoms with Gasteiger partial charge in [-0.2, -0.15) is 5.26 Å². The molecule has 1 spiro atoms. The average Bonchev–Trinajstić information content (AvgIpc) is 3.81. The summed E-state index contributed by atoms with van der Waals surface area (Å²) in [6.07, 6.45) is 4.45. The molecule has 0 radical (unpaired) electrons. The van der Waals surface area contributed by atoms with E-state index in [1.807, 2.05) is 13.0 Å². The van der Waals surface area contributed by atoms with Crippen molar-refractivity contribution >= 4 is 28.8 Å². The molecular formula is C27H27F2N5O2S. The molecule has 2 saturated carbocycles. The molecule has 4 aliphatic rings. The lowest BCUT2D eigenvalue weighted by Crippen LogP contribution is -2.55. The average molecular weight is 524 g/mol. The molecule has 1 aromatic heterocycles. The van der Waals surface area contributed by atoms with Crippen LogP contribution in [0.25, 0.3) is 11.9 Å². The first kappa shape index (κ1) is 24.5. The highest BCUT2D eigenvalue weighted by molar-refractivity contribution is 8.15. The molecule has 7 nitrogen and oxygen atoms in total. The molecule has 10 heteroatoms. The lowest BCUT2D eigenvalue weighted by Gasteiger charge is -2.42. The number of pyridine rings is 1. The van der Waals surface area contributed by atoms with Crippen LogP contribution in [-0.2, 0) is 10.3 Å². The van der Waals surface area contributed by atoms with Gasteiger partial charge in [0.05, 0.1) is 33.8 Å². The predicted octanol–water partition coefficient (Wildman–Crippen LogP) is 3.78. The number of amidine groups is 1. The molecule has 37 heavy (non-hydrogen) atoms. The zero-order chi connectivity index (χ0) is 26.0. The van der Waals surface area contributed by atoms with Crippen molar-refractivity contribution in [3.05, 3.63) is 64.7 Å². The number of nitrogens with zero attached hydrogens (tertiary/aromatic N) is 4. The topological polar surface area (TPSA) is 108 Å². The Hall–Kier alpha value is -2.84. The Morgan fingerprint density at radius 1 is 1.38 bits per heavy atom. The highest BCUT2D eigenvalue weighted by Crippen LogP contribution is 2.68. The van der Waals surface area contributed by atoms with Crippen LogP contribution in [0.1, 0.15) is 48.6 Å². The number of morpholine rings is 1. The minimum absolute atomic E-state index is 0.0793. The molecule has 4 atom stereocenters. The Morgan fingerprint density at radius 3 is 2.89 bits per heavy atom. The number of aliphatic imine (C=N–C) groups is 1. The molecule has 3 heterocycles. The third-order valence-corrected chi connectivity index (χ3v) is 9.45. The highest BCUT2D eigenvalue weighted by Gasteiger charge is 2.71. The van der Waals surface area contributed by atoms with Gasteiger partial charge in [0.15, 0.2) is 5.17 Å². The van der Waals surface area contributed by atoms with Crippen LogP contribution in [0.3, 0.4) is 0 Å². The molecule has 6 rings (SSSR count). The standard InChI is InChI=1S/C27H27F2N5O2S/c1-25(18-10-16(2-4-19(18)28)11-20(29)21-5-3-17(13-30)14-32-21)22-12-27(22,37-24(31)33-25)23(35)34-8-9-36-26(15-34)6-7-26/h2-5,10-11,14,22-23,35H,6-9,12,15H2,1H3,(H2,31,33)/b20-11-/t22-,23?,25+,27-/m0/s1. The van der Waals surface area contributed by atoms with Crippen molar-refractivity contribution < 1.29 is 18.6 Å². The zero-order valence-corrected chi connectivity index (χ0v) is 21.1. The molecule has 192 valence electrons. The number of benzene rings is 1. The Bertz CT molecular complexity index is 1360. The van der Waals surface area contributed by atoms with E-state index < -0.39 is 28.2 Å². The van der Waals surface area contributed by atoms with E-state index >= 15 is 4.39 Å². The second kappa shape index (κ2) is 8.60. The second-order valence-electron chi connectivity index (χ2n) is 10.6. The Balaban J connectivity index is 1.30. The van der Waals surface area contributed by atoms with Gasteiger partial charge < -0.3 is 15.6 Å². The Kier molecular flexibility index (Phi) is 5.69. The Labute approximate surface area is 218 Å². The third-order valence-electron chi connectivity index (χ3n) is 8.10. The summed E-state index contributed by atoms with van der Waals surface area (Å²) in [5, 5.41) is 20.7. The van der Waals surface area contributed by atoms with Gasteiger partial charge in [0.1, 0.15) is 23.9 Å². The minimum Gasteiger partial charge on any atom is -0.378 e. The van der Waals surface area contributed by atoms with Crippen molar-refractivity contribution in [1.29, 1.82) is 5.26 Å². The van der Waals surface area contributed by atoms with E-state index in [1.165, 1.54) is 48.3 Å². The molecule has 1 aromatic carbocycles. The van der Waals surface area contributed by atoms with Gasteiger partial charge in [0.25, 0.3) is 0 Å². The van der Waals surface area contributed by atoms with Gasteiger partial charge in [-0.05, 0) is 62.1 Å². The molecule has 2 aromatic rings. The molecule has 2 aliphatic heterocycles. The van der Waals surface area contributed by atoms with Gasteiger partial charge >= 0.3 is 0 Å². The molecule has 3 N–H and O–H groups in total. The molecule has 1 unspecified atom stereocenters. The lowest BCUT2D eigenvalue weighted by atomic mass is 9.84.